The second-order valence-electron chi connectivity index (χ2n) is 4.30. The van der Waals surface area contributed by atoms with Crippen molar-refractivity contribution in [1.29, 1.82) is 0 Å². The molecule has 1 saturated heterocycles. The van der Waals surface area contributed by atoms with E-state index in [2.05, 4.69) is 10.5 Å². The molecule has 102 valence electrons. The Bertz CT molecular complexity index is 482. The van der Waals surface area contributed by atoms with Gasteiger partial charge in [-0.25, -0.2) is 4.79 Å². The largest absolute Gasteiger partial charge is 0.411 e. The lowest BCUT2D eigenvalue weighted by Crippen LogP contribution is -2.43. The molecule has 1 aliphatic rings. The fourth-order valence-electron chi connectivity index (χ4n) is 1.85. The first kappa shape index (κ1) is 13.4. The summed E-state index contributed by atoms with van der Waals surface area (Å²) in [6.07, 6.45) is 0. The number of carbonyl (C=O) groups is 1. The molecule has 2 N–H and O–H groups in total. The molecule has 1 heterocycles. The molecule has 0 bridgehead atoms. The van der Waals surface area contributed by atoms with Crippen LogP contribution in [0.1, 0.15) is 12.5 Å². The van der Waals surface area contributed by atoms with Gasteiger partial charge in [0.25, 0.3) is 0 Å². The third kappa shape index (κ3) is 3.45. The zero-order valence-electron chi connectivity index (χ0n) is 10.8. The summed E-state index contributed by atoms with van der Waals surface area (Å²) in [7, 11) is 0. The van der Waals surface area contributed by atoms with Crippen molar-refractivity contribution in [3.63, 3.8) is 0 Å². The van der Waals surface area contributed by atoms with E-state index in [-0.39, 0.29) is 6.03 Å². The Morgan fingerprint density at radius 1 is 1.42 bits per heavy atom. The highest BCUT2D eigenvalue weighted by Gasteiger charge is 2.16. The average molecular weight is 263 g/mol. The van der Waals surface area contributed by atoms with Gasteiger partial charge in [-0.3, -0.25) is 0 Å². The number of benzene rings is 1. The highest BCUT2D eigenvalue weighted by atomic mass is 16.5. The summed E-state index contributed by atoms with van der Waals surface area (Å²) in [5, 5.41) is 14.7. The van der Waals surface area contributed by atoms with E-state index in [1.807, 2.05) is 6.07 Å². The number of urea groups is 1. The van der Waals surface area contributed by atoms with Crippen LogP contribution in [-0.4, -0.2) is 48.2 Å². The van der Waals surface area contributed by atoms with Crippen molar-refractivity contribution in [3.05, 3.63) is 29.8 Å². The smallest absolute Gasteiger partial charge is 0.321 e. The minimum atomic E-state index is -0.140. The summed E-state index contributed by atoms with van der Waals surface area (Å²) in [5.74, 6) is 0. The number of anilines is 1. The van der Waals surface area contributed by atoms with E-state index in [0.717, 1.165) is 5.56 Å². The zero-order chi connectivity index (χ0) is 13.7. The lowest BCUT2D eigenvalue weighted by atomic mass is 10.1. The molecule has 1 aliphatic heterocycles. The van der Waals surface area contributed by atoms with Crippen LogP contribution in [0.3, 0.4) is 0 Å². The molecule has 0 atom stereocenters. The van der Waals surface area contributed by atoms with Gasteiger partial charge in [-0.1, -0.05) is 17.3 Å². The molecule has 0 spiro atoms. The van der Waals surface area contributed by atoms with Crippen molar-refractivity contribution in [2.75, 3.05) is 31.6 Å². The first-order valence-corrected chi connectivity index (χ1v) is 6.13. The highest BCUT2D eigenvalue weighted by molar-refractivity contribution is 6.00. The Morgan fingerprint density at radius 2 is 2.16 bits per heavy atom. The first-order valence-electron chi connectivity index (χ1n) is 6.13. The molecule has 0 saturated carbocycles. The summed E-state index contributed by atoms with van der Waals surface area (Å²) in [5.41, 5.74) is 1.95. The number of hydrogen-bond acceptors (Lipinski definition) is 4. The van der Waals surface area contributed by atoms with Gasteiger partial charge in [-0.15, -0.1) is 0 Å². The van der Waals surface area contributed by atoms with Crippen LogP contribution in [0.2, 0.25) is 0 Å². The lowest BCUT2D eigenvalue weighted by molar-refractivity contribution is 0.0564. The van der Waals surface area contributed by atoms with E-state index < -0.39 is 0 Å². The molecule has 6 nitrogen and oxygen atoms in total. The maximum absolute atomic E-state index is 12.0. The third-order valence-corrected chi connectivity index (χ3v) is 2.98. The standard InChI is InChI=1S/C13H17N3O3/c1-10(15-18)11-3-2-4-12(9-11)14-13(17)16-5-7-19-8-6-16/h2-4,9,18H,5-8H2,1H3,(H,14,17). The Kier molecular flexibility index (Phi) is 4.35. The van der Waals surface area contributed by atoms with Crippen LogP contribution in [0.15, 0.2) is 29.4 Å². The number of amides is 2. The van der Waals surface area contributed by atoms with Gasteiger partial charge in [-0.2, -0.15) is 0 Å². The quantitative estimate of drug-likeness (QED) is 0.485. The Hall–Kier alpha value is -2.08. The van der Waals surface area contributed by atoms with Gasteiger partial charge in [-0.05, 0) is 19.1 Å². The van der Waals surface area contributed by atoms with E-state index in [1.165, 1.54) is 0 Å². The number of nitrogens with one attached hydrogen (secondary N) is 1. The van der Waals surface area contributed by atoms with E-state index in [0.29, 0.717) is 37.7 Å². The number of hydrogen-bond donors (Lipinski definition) is 2. The molecule has 0 unspecified atom stereocenters. The van der Waals surface area contributed by atoms with Crippen LogP contribution in [0, 0.1) is 0 Å². The number of nitrogens with zero attached hydrogens (tertiary/aromatic N) is 2. The molecule has 6 heteroatoms. The predicted molar refractivity (Wildman–Crippen MR) is 71.9 cm³/mol. The van der Waals surface area contributed by atoms with Gasteiger partial charge >= 0.3 is 6.03 Å². The molecule has 0 aromatic heterocycles. The molecule has 1 aromatic rings. The highest BCUT2D eigenvalue weighted by Crippen LogP contribution is 2.12. The van der Waals surface area contributed by atoms with Gasteiger partial charge in [0.15, 0.2) is 0 Å². The van der Waals surface area contributed by atoms with Crippen molar-refractivity contribution in [2.45, 2.75) is 6.92 Å². The number of carbonyl (C=O) groups excluding carboxylic acids is 1. The maximum Gasteiger partial charge on any atom is 0.321 e. The summed E-state index contributed by atoms with van der Waals surface area (Å²) in [6, 6.07) is 7.05. The summed E-state index contributed by atoms with van der Waals surface area (Å²) < 4.78 is 5.20. The predicted octanol–water partition coefficient (Wildman–Crippen LogP) is 1.75. The van der Waals surface area contributed by atoms with Crippen LogP contribution >= 0.6 is 0 Å². The molecular formula is C13H17N3O3. The van der Waals surface area contributed by atoms with Gasteiger partial charge < -0.3 is 20.2 Å². The minimum Gasteiger partial charge on any atom is -0.411 e. The molecule has 0 radical (unpaired) electrons. The number of ether oxygens (including phenoxy) is 1. The fraction of sp³-hybridized carbons (Fsp3) is 0.385. The monoisotopic (exact) mass is 263 g/mol. The molecule has 1 fully saturated rings. The van der Waals surface area contributed by atoms with Crippen molar-refractivity contribution < 1.29 is 14.7 Å². The van der Waals surface area contributed by atoms with Crippen molar-refractivity contribution in [3.8, 4) is 0 Å². The van der Waals surface area contributed by atoms with Gasteiger partial charge in [0, 0.05) is 24.3 Å². The number of rotatable bonds is 2. The SMILES string of the molecule is CC(=NO)c1cccc(NC(=O)N2CCOCC2)c1. The Balaban J connectivity index is 2.04. The second kappa shape index (κ2) is 6.19. The van der Waals surface area contributed by atoms with Gasteiger partial charge in [0.1, 0.15) is 0 Å². The average Bonchev–Trinajstić information content (AvgIpc) is 2.47. The zero-order valence-corrected chi connectivity index (χ0v) is 10.8. The fourth-order valence-corrected chi connectivity index (χ4v) is 1.85. The first-order chi connectivity index (χ1) is 9.20. The topological polar surface area (TPSA) is 74.2 Å². The molecule has 2 amide bonds. The maximum atomic E-state index is 12.0. The van der Waals surface area contributed by atoms with Crippen LogP contribution in [0.5, 0.6) is 0 Å². The Morgan fingerprint density at radius 3 is 2.84 bits per heavy atom. The number of oxime groups is 1. The number of morpholine rings is 1. The van der Waals surface area contributed by atoms with Crippen molar-refractivity contribution in [1.82, 2.24) is 4.90 Å². The molecular weight excluding hydrogens is 246 g/mol. The van der Waals surface area contributed by atoms with E-state index in [4.69, 9.17) is 9.94 Å². The minimum absolute atomic E-state index is 0.140. The summed E-state index contributed by atoms with van der Waals surface area (Å²) in [6.45, 7) is 4.04. The van der Waals surface area contributed by atoms with Crippen LogP contribution < -0.4 is 5.32 Å². The van der Waals surface area contributed by atoms with Crippen molar-refractivity contribution >= 4 is 17.4 Å². The van der Waals surface area contributed by atoms with E-state index in [9.17, 15) is 4.79 Å². The molecule has 2 rings (SSSR count). The molecule has 1 aromatic carbocycles. The Labute approximate surface area is 111 Å². The van der Waals surface area contributed by atoms with E-state index >= 15 is 0 Å². The summed E-state index contributed by atoms with van der Waals surface area (Å²) >= 11 is 0. The second-order valence-corrected chi connectivity index (χ2v) is 4.30. The lowest BCUT2D eigenvalue weighted by Gasteiger charge is -2.27. The van der Waals surface area contributed by atoms with E-state index in [1.54, 1.807) is 30.0 Å². The van der Waals surface area contributed by atoms with Crippen LogP contribution in [-0.2, 0) is 4.74 Å². The van der Waals surface area contributed by atoms with Crippen LogP contribution in [0.4, 0.5) is 10.5 Å². The van der Waals surface area contributed by atoms with Crippen LogP contribution in [0.25, 0.3) is 0 Å². The van der Waals surface area contributed by atoms with Gasteiger partial charge in [0.05, 0.1) is 18.9 Å². The van der Waals surface area contributed by atoms with Crippen molar-refractivity contribution in [2.24, 2.45) is 5.16 Å². The molecule has 19 heavy (non-hydrogen) atoms. The van der Waals surface area contributed by atoms with Gasteiger partial charge in [0.2, 0.25) is 0 Å². The molecule has 0 aliphatic carbocycles. The normalized spacial score (nSPS) is 16.3. The summed E-state index contributed by atoms with van der Waals surface area (Å²) in [4.78, 5) is 13.7. The third-order valence-electron chi connectivity index (χ3n) is 2.98.